The van der Waals surface area contributed by atoms with Crippen molar-refractivity contribution >= 4 is 5.91 Å². The summed E-state index contributed by atoms with van der Waals surface area (Å²) >= 11 is 0. The van der Waals surface area contributed by atoms with Crippen molar-refractivity contribution in [2.24, 2.45) is 7.05 Å². The van der Waals surface area contributed by atoms with Gasteiger partial charge >= 0.3 is 0 Å². The second-order valence-corrected chi connectivity index (χ2v) is 7.02. The zero-order chi connectivity index (χ0) is 22.5. The van der Waals surface area contributed by atoms with Gasteiger partial charge in [-0.3, -0.25) is 14.5 Å². The first kappa shape index (κ1) is 21.1. The third-order valence-electron chi connectivity index (χ3n) is 5.04. The number of imidazole rings is 1. The van der Waals surface area contributed by atoms with Gasteiger partial charge in [0.15, 0.2) is 5.82 Å². The summed E-state index contributed by atoms with van der Waals surface area (Å²) in [5.74, 6) is 1.87. The number of carbonyl (C=O) groups excluding carboxylic acids is 1. The van der Waals surface area contributed by atoms with Gasteiger partial charge in [0, 0.05) is 44.3 Å². The number of nitrogens with zero attached hydrogens (tertiary/aromatic N) is 5. The Labute approximate surface area is 185 Å². The van der Waals surface area contributed by atoms with Gasteiger partial charge in [0.2, 0.25) is 0 Å². The molecule has 9 heteroatoms. The van der Waals surface area contributed by atoms with Crippen molar-refractivity contribution in [1.82, 2.24) is 29.6 Å². The third kappa shape index (κ3) is 4.31. The topological polar surface area (TPSA) is 96.1 Å². The largest absolute Gasteiger partial charge is 0.497 e. The molecule has 0 aliphatic rings. The molecule has 3 aromatic heterocycles. The Morgan fingerprint density at radius 3 is 2.66 bits per heavy atom. The average Bonchev–Trinajstić information content (AvgIpc) is 3.45. The van der Waals surface area contributed by atoms with Crippen LogP contribution in [-0.2, 0) is 13.6 Å². The van der Waals surface area contributed by atoms with E-state index in [9.17, 15) is 4.79 Å². The van der Waals surface area contributed by atoms with Crippen LogP contribution in [0.15, 0.2) is 61.1 Å². The number of aromatic nitrogens is 5. The van der Waals surface area contributed by atoms with Crippen molar-refractivity contribution in [3.8, 4) is 34.3 Å². The van der Waals surface area contributed by atoms with Gasteiger partial charge in [-0.05, 0) is 36.4 Å². The molecule has 4 aromatic rings. The molecule has 1 amide bonds. The molecule has 0 saturated heterocycles. The molecule has 4 rings (SSSR count). The van der Waals surface area contributed by atoms with Gasteiger partial charge in [-0.1, -0.05) is 6.07 Å². The number of carbonyl (C=O) groups is 1. The van der Waals surface area contributed by atoms with Gasteiger partial charge in [-0.15, -0.1) is 0 Å². The Kier molecular flexibility index (Phi) is 6.16. The molecule has 0 unspecified atom stereocenters. The number of pyridine rings is 1. The van der Waals surface area contributed by atoms with E-state index in [4.69, 9.17) is 9.47 Å². The van der Waals surface area contributed by atoms with Crippen LogP contribution >= 0.6 is 0 Å². The Morgan fingerprint density at radius 1 is 1.03 bits per heavy atom. The average molecular weight is 432 g/mol. The van der Waals surface area contributed by atoms with Crippen molar-refractivity contribution in [1.29, 1.82) is 0 Å². The van der Waals surface area contributed by atoms with Gasteiger partial charge < -0.3 is 19.4 Å². The highest BCUT2D eigenvalue weighted by molar-refractivity contribution is 5.94. The van der Waals surface area contributed by atoms with Crippen molar-refractivity contribution in [2.75, 3.05) is 20.8 Å². The number of hydrogen-bond donors (Lipinski definition) is 1. The molecular weight excluding hydrogens is 408 g/mol. The normalized spacial score (nSPS) is 10.7. The Morgan fingerprint density at radius 2 is 1.91 bits per heavy atom. The summed E-state index contributed by atoms with van der Waals surface area (Å²) in [6.45, 7) is 0.990. The summed E-state index contributed by atoms with van der Waals surface area (Å²) in [4.78, 5) is 21.5. The van der Waals surface area contributed by atoms with Crippen LogP contribution in [0.3, 0.4) is 0 Å². The van der Waals surface area contributed by atoms with E-state index >= 15 is 0 Å². The molecule has 0 radical (unpaired) electrons. The van der Waals surface area contributed by atoms with Crippen LogP contribution < -0.4 is 14.8 Å². The third-order valence-corrected chi connectivity index (χ3v) is 5.04. The molecule has 0 bridgehead atoms. The van der Waals surface area contributed by atoms with Crippen LogP contribution in [0.1, 0.15) is 10.5 Å². The lowest BCUT2D eigenvalue weighted by Gasteiger charge is -2.09. The van der Waals surface area contributed by atoms with Gasteiger partial charge in [0.25, 0.3) is 5.91 Å². The molecular formula is C23H24N6O3. The highest BCUT2D eigenvalue weighted by Crippen LogP contribution is 2.32. The number of methoxy groups -OCH3 is 2. The highest BCUT2D eigenvalue weighted by Gasteiger charge is 2.17. The summed E-state index contributed by atoms with van der Waals surface area (Å²) in [5, 5.41) is 7.44. The summed E-state index contributed by atoms with van der Waals surface area (Å²) in [7, 11) is 4.93. The lowest BCUT2D eigenvalue weighted by molar-refractivity contribution is 0.0943. The maximum atomic E-state index is 12.8. The van der Waals surface area contributed by atoms with Crippen molar-refractivity contribution in [3.05, 3.63) is 66.7 Å². The van der Waals surface area contributed by atoms with Crippen molar-refractivity contribution in [3.63, 3.8) is 0 Å². The second kappa shape index (κ2) is 9.34. The molecule has 32 heavy (non-hydrogen) atoms. The molecule has 0 saturated carbocycles. The molecule has 0 spiro atoms. The van der Waals surface area contributed by atoms with Crippen LogP contribution in [0.2, 0.25) is 0 Å². The molecule has 1 N–H and O–H groups in total. The van der Waals surface area contributed by atoms with E-state index in [-0.39, 0.29) is 5.91 Å². The zero-order valence-corrected chi connectivity index (χ0v) is 18.1. The minimum Gasteiger partial charge on any atom is -0.497 e. The highest BCUT2D eigenvalue weighted by atomic mass is 16.5. The van der Waals surface area contributed by atoms with E-state index in [2.05, 4.69) is 20.4 Å². The molecule has 0 fully saturated rings. The van der Waals surface area contributed by atoms with Gasteiger partial charge in [0.05, 0.1) is 19.9 Å². The predicted octanol–water partition coefficient (Wildman–Crippen LogP) is 2.79. The van der Waals surface area contributed by atoms with E-state index in [0.29, 0.717) is 36.0 Å². The minimum absolute atomic E-state index is 0.215. The first-order valence-electron chi connectivity index (χ1n) is 10.1. The standard InChI is InChI=1S/C23H24N6O3/c1-28-20(15-19(27-28)17-14-16(31-2)7-8-21(17)32-3)23(30)26-11-13-29-12-10-25-22(29)18-6-4-5-9-24-18/h4-10,12,14-15H,11,13H2,1-3H3,(H,26,30). The SMILES string of the molecule is COc1ccc(OC)c(-c2cc(C(=O)NCCn3ccnc3-c3ccccn3)n(C)n2)c1. The van der Waals surface area contributed by atoms with Crippen LogP contribution in [0, 0.1) is 0 Å². The predicted molar refractivity (Wildman–Crippen MR) is 120 cm³/mol. The van der Waals surface area contributed by atoms with E-state index in [1.807, 2.05) is 47.2 Å². The quantitative estimate of drug-likeness (QED) is 0.460. The number of hydrogen-bond acceptors (Lipinski definition) is 6. The lowest BCUT2D eigenvalue weighted by Crippen LogP contribution is -2.28. The fourth-order valence-corrected chi connectivity index (χ4v) is 3.42. The number of ether oxygens (including phenoxy) is 2. The summed E-state index contributed by atoms with van der Waals surface area (Å²) in [6, 6.07) is 12.9. The molecule has 0 atom stereocenters. The van der Waals surface area contributed by atoms with Gasteiger partial charge in [-0.2, -0.15) is 5.10 Å². The summed E-state index contributed by atoms with van der Waals surface area (Å²) < 4.78 is 14.3. The Bertz CT molecular complexity index is 1220. The summed E-state index contributed by atoms with van der Waals surface area (Å²) in [6.07, 6.45) is 5.32. The smallest absolute Gasteiger partial charge is 0.269 e. The van der Waals surface area contributed by atoms with Crippen molar-refractivity contribution < 1.29 is 14.3 Å². The van der Waals surface area contributed by atoms with E-state index < -0.39 is 0 Å². The van der Waals surface area contributed by atoms with E-state index in [0.717, 1.165) is 17.1 Å². The molecule has 0 aliphatic carbocycles. The number of benzene rings is 1. The van der Waals surface area contributed by atoms with Gasteiger partial charge in [-0.25, -0.2) is 4.98 Å². The van der Waals surface area contributed by atoms with Crippen molar-refractivity contribution in [2.45, 2.75) is 6.54 Å². The molecule has 164 valence electrons. The number of amides is 1. The second-order valence-electron chi connectivity index (χ2n) is 7.02. The first-order chi connectivity index (χ1) is 15.6. The minimum atomic E-state index is -0.215. The molecule has 3 heterocycles. The maximum Gasteiger partial charge on any atom is 0.269 e. The van der Waals surface area contributed by atoms with Crippen LogP contribution in [0.4, 0.5) is 0 Å². The number of aryl methyl sites for hydroxylation is 1. The van der Waals surface area contributed by atoms with Gasteiger partial charge in [0.1, 0.15) is 22.9 Å². The van der Waals surface area contributed by atoms with Crippen LogP contribution in [0.5, 0.6) is 11.5 Å². The van der Waals surface area contributed by atoms with E-state index in [1.54, 1.807) is 44.4 Å². The number of rotatable bonds is 8. The van der Waals surface area contributed by atoms with E-state index in [1.165, 1.54) is 0 Å². The fourth-order valence-electron chi connectivity index (χ4n) is 3.42. The Balaban J connectivity index is 1.46. The molecule has 0 aliphatic heterocycles. The summed E-state index contributed by atoms with van der Waals surface area (Å²) in [5.41, 5.74) is 2.60. The zero-order valence-electron chi connectivity index (χ0n) is 18.1. The Hall–Kier alpha value is -4.14. The number of nitrogens with one attached hydrogen (secondary N) is 1. The maximum absolute atomic E-state index is 12.8. The van der Waals surface area contributed by atoms with Crippen LogP contribution in [-0.4, -0.2) is 51.0 Å². The fraction of sp³-hybridized carbons (Fsp3) is 0.217. The molecule has 1 aromatic carbocycles. The monoisotopic (exact) mass is 432 g/mol. The first-order valence-corrected chi connectivity index (χ1v) is 10.1. The van der Waals surface area contributed by atoms with Crippen LogP contribution in [0.25, 0.3) is 22.8 Å². The lowest BCUT2D eigenvalue weighted by atomic mass is 10.1. The molecule has 9 nitrogen and oxygen atoms in total.